The van der Waals surface area contributed by atoms with E-state index in [2.05, 4.69) is 50.5 Å². The molecule has 5 nitrogen and oxygen atoms in total. The van der Waals surface area contributed by atoms with Gasteiger partial charge < -0.3 is 10.1 Å². The highest BCUT2D eigenvalue weighted by atomic mass is 16.5. The average Bonchev–Trinajstić information content (AvgIpc) is 2.62. The van der Waals surface area contributed by atoms with Crippen molar-refractivity contribution in [2.45, 2.75) is 46.5 Å². The number of rotatable bonds is 6. The van der Waals surface area contributed by atoms with E-state index in [0.29, 0.717) is 29.7 Å². The third-order valence-electron chi connectivity index (χ3n) is 4.28. The Balaban J connectivity index is 2.21. The van der Waals surface area contributed by atoms with Gasteiger partial charge in [0.05, 0.1) is 6.61 Å². The molecule has 0 atom stereocenters. The van der Waals surface area contributed by atoms with Gasteiger partial charge >= 0.3 is 6.09 Å². The minimum Gasteiger partial charge on any atom is -0.450 e. The molecule has 0 heterocycles. The summed E-state index contributed by atoms with van der Waals surface area (Å²) in [4.78, 5) is 24.2. The smallest absolute Gasteiger partial charge is 0.411 e. The molecular formula is C22H28N2O3. The normalized spacial score (nSPS) is 10.8. The highest BCUT2D eigenvalue weighted by molar-refractivity contribution is 6.05. The lowest BCUT2D eigenvalue weighted by molar-refractivity contribution is 0.102. The lowest BCUT2D eigenvalue weighted by Gasteiger charge is -2.20. The summed E-state index contributed by atoms with van der Waals surface area (Å²) in [7, 11) is 0. The molecule has 0 radical (unpaired) electrons. The Bertz CT molecular complexity index is 769. The Kier molecular flexibility index (Phi) is 6.99. The van der Waals surface area contributed by atoms with Crippen molar-refractivity contribution < 1.29 is 14.3 Å². The Hall–Kier alpha value is -2.82. The lowest BCUT2D eigenvalue weighted by atomic mass is 9.92. The van der Waals surface area contributed by atoms with Crippen LogP contribution in [0.15, 0.2) is 42.5 Å². The molecular weight excluding hydrogens is 340 g/mol. The van der Waals surface area contributed by atoms with Crippen molar-refractivity contribution in [3.05, 3.63) is 59.2 Å². The third kappa shape index (κ3) is 5.33. The molecule has 2 aromatic carbocycles. The Labute approximate surface area is 161 Å². The van der Waals surface area contributed by atoms with Crippen molar-refractivity contribution in [3.63, 3.8) is 0 Å². The molecule has 2 amide bonds. The van der Waals surface area contributed by atoms with Gasteiger partial charge in [0.2, 0.25) is 0 Å². The van der Waals surface area contributed by atoms with Crippen LogP contribution in [-0.2, 0) is 4.74 Å². The summed E-state index contributed by atoms with van der Waals surface area (Å²) in [6.07, 6.45) is -0.512. The SMILES string of the molecule is CCOC(=O)Nc1ccc(C(=O)Nc2c(C(C)C)cccc2C(C)C)cc1. The van der Waals surface area contributed by atoms with Gasteiger partial charge in [0.15, 0.2) is 0 Å². The molecule has 2 N–H and O–H groups in total. The summed E-state index contributed by atoms with van der Waals surface area (Å²) in [5, 5.41) is 5.70. The minimum absolute atomic E-state index is 0.173. The first-order valence-corrected chi connectivity index (χ1v) is 9.31. The van der Waals surface area contributed by atoms with Crippen LogP contribution in [0.4, 0.5) is 16.2 Å². The van der Waals surface area contributed by atoms with E-state index < -0.39 is 6.09 Å². The summed E-state index contributed by atoms with van der Waals surface area (Å²) in [5.41, 5.74) is 4.24. The fourth-order valence-corrected chi connectivity index (χ4v) is 2.87. The Morgan fingerprint density at radius 3 is 1.93 bits per heavy atom. The van der Waals surface area contributed by atoms with E-state index in [1.54, 1.807) is 31.2 Å². The highest BCUT2D eigenvalue weighted by Crippen LogP contribution is 2.32. The van der Waals surface area contributed by atoms with Crippen LogP contribution in [0.1, 0.15) is 67.9 Å². The molecule has 5 heteroatoms. The van der Waals surface area contributed by atoms with Crippen LogP contribution in [0.3, 0.4) is 0 Å². The maximum Gasteiger partial charge on any atom is 0.411 e. The van der Waals surface area contributed by atoms with E-state index in [1.807, 2.05) is 6.07 Å². The first-order valence-electron chi connectivity index (χ1n) is 9.31. The van der Waals surface area contributed by atoms with Gasteiger partial charge in [-0.05, 0) is 54.2 Å². The van der Waals surface area contributed by atoms with Crippen LogP contribution in [0.2, 0.25) is 0 Å². The van der Waals surface area contributed by atoms with Crippen LogP contribution in [0, 0.1) is 0 Å². The number of hydrogen-bond donors (Lipinski definition) is 2. The second kappa shape index (κ2) is 9.21. The molecule has 0 saturated heterocycles. The van der Waals surface area contributed by atoms with Crippen molar-refractivity contribution in [2.24, 2.45) is 0 Å². The van der Waals surface area contributed by atoms with Gasteiger partial charge in [-0.15, -0.1) is 0 Å². The summed E-state index contributed by atoms with van der Waals surface area (Å²) in [5.74, 6) is 0.429. The number of para-hydroxylation sites is 1. The van der Waals surface area contributed by atoms with Crippen LogP contribution in [0.25, 0.3) is 0 Å². The van der Waals surface area contributed by atoms with E-state index in [1.165, 1.54) is 0 Å². The Morgan fingerprint density at radius 1 is 0.889 bits per heavy atom. The van der Waals surface area contributed by atoms with Crippen molar-refractivity contribution in [2.75, 3.05) is 17.2 Å². The molecule has 0 spiro atoms. The molecule has 0 aliphatic rings. The maximum absolute atomic E-state index is 12.8. The molecule has 144 valence electrons. The zero-order valence-electron chi connectivity index (χ0n) is 16.6. The van der Waals surface area contributed by atoms with Crippen LogP contribution >= 0.6 is 0 Å². The summed E-state index contributed by atoms with van der Waals surface area (Å²) < 4.78 is 4.84. The zero-order chi connectivity index (χ0) is 20.0. The first kappa shape index (κ1) is 20.5. The molecule has 0 saturated carbocycles. The molecule has 0 fully saturated rings. The molecule has 27 heavy (non-hydrogen) atoms. The number of nitrogens with one attached hydrogen (secondary N) is 2. The van der Waals surface area contributed by atoms with Crippen molar-refractivity contribution in [1.82, 2.24) is 0 Å². The van der Waals surface area contributed by atoms with Gasteiger partial charge in [0.1, 0.15) is 0 Å². The fraction of sp³-hybridized carbons (Fsp3) is 0.364. The second-order valence-corrected chi connectivity index (χ2v) is 7.00. The molecule has 0 bridgehead atoms. The van der Waals surface area contributed by atoms with Crippen molar-refractivity contribution in [1.29, 1.82) is 0 Å². The molecule has 0 aromatic heterocycles. The highest BCUT2D eigenvalue weighted by Gasteiger charge is 2.17. The van der Waals surface area contributed by atoms with Gasteiger partial charge in [-0.2, -0.15) is 0 Å². The topological polar surface area (TPSA) is 67.4 Å². The van der Waals surface area contributed by atoms with Gasteiger partial charge in [-0.25, -0.2) is 4.79 Å². The number of benzene rings is 2. The number of ether oxygens (including phenoxy) is 1. The van der Waals surface area contributed by atoms with Gasteiger partial charge in [0.25, 0.3) is 5.91 Å². The molecule has 0 unspecified atom stereocenters. The minimum atomic E-state index is -0.512. The number of carbonyl (C=O) groups excluding carboxylic acids is 2. The van der Waals surface area contributed by atoms with E-state index in [4.69, 9.17) is 4.74 Å². The van der Waals surface area contributed by atoms with Crippen molar-refractivity contribution in [3.8, 4) is 0 Å². The van der Waals surface area contributed by atoms with E-state index >= 15 is 0 Å². The van der Waals surface area contributed by atoms with E-state index in [9.17, 15) is 9.59 Å². The van der Waals surface area contributed by atoms with Gasteiger partial charge in [0, 0.05) is 16.9 Å². The zero-order valence-corrected chi connectivity index (χ0v) is 16.6. The second-order valence-electron chi connectivity index (χ2n) is 7.00. The molecule has 0 aliphatic heterocycles. The quantitative estimate of drug-likeness (QED) is 0.682. The molecule has 2 rings (SSSR count). The number of anilines is 2. The number of amides is 2. The van der Waals surface area contributed by atoms with Crippen molar-refractivity contribution >= 4 is 23.4 Å². The van der Waals surface area contributed by atoms with Crippen LogP contribution < -0.4 is 10.6 Å². The monoisotopic (exact) mass is 368 g/mol. The van der Waals surface area contributed by atoms with E-state index in [-0.39, 0.29) is 5.91 Å². The predicted molar refractivity (Wildman–Crippen MR) is 110 cm³/mol. The van der Waals surface area contributed by atoms with Crippen LogP contribution in [-0.4, -0.2) is 18.6 Å². The maximum atomic E-state index is 12.8. The Morgan fingerprint density at radius 2 is 1.44 bits per heavy atom. The average molecular weight is 368 g/mol. The summed E-state index contributed by atoms with van der Waals surface area (Å²) >= 11 is 0. The summed E-state index contributed by atoms with van der Waals surface area (Å²) in [6, 6.07) is 12.9. The first-order chi connectivity index (χ1) is 12.8. The number of hydrogen-bond acceptors (Lipinski definition) is 3. The predicted octanol–water partition coefficient (Wildman–Crippen LogP) is 5.75. The summed E-state index contributed by atoms with van der Waals surface area (Å²) in [6.45, 7) is 10.5. The number of carbonyl (C=O) groups is 2. The van der Waals surface area contributed by atoms with Gasteiger partial charge in [-0.3, -0.25) is 10.1 Å². The standard InChI is InChI=1S/C22H28N2O3/c1-6-27-22(26)23-17-12-10-16(11-13-17)21(25)24-20-18(14(2)3)8-7-9-19(20)15(4)5/h7-15H,6H2,1-5H3,(H,23,26)(H,24,25). The third-order valence-corrected chi connectivity index (χ3v) is 4.28. The molecule has 0 aliphatic carbocycles. The fourth-order valence-electron chi connectivity index (χ4n) is 2.87. The largest absolute Gasteiger partial charge is 0.450 e. The van der Waals surface area contributed by atoms with Crippen LogP contribution in [0.5, 0.6) is 0 Å². The van der Waals surface area contributed by atoms with E-state index in [0.717, 1.165) is 16.8 Å². The van der Waals surface area contributed by atoms with Gasteiger partial charge in [-0.1, -0.05) is 45.9 Å². The molecule has 2 aromatic rings. The lowest BCUT2D eigenvalue weighted by Crippen LogP contribution is -2.16.